The number of rotatable bonds is 3. The first kappa shape index (κ1) is 9.22. The molecule has 1 aromatic rings. The second kappa shape index (κ2) is 4.23. The zero-order valence-electron chi connectivity index (χ0n) is 6.75. The third-order valence-electron chi connectivity index (χ3n) is 1.37. The molecule has 12 heavy (non-hydrogen) atoms. The summed E-state index contributed by atoms with van der Waals surface area (Å²) >= 11 is 5.57. The summed E-state index contributed by atoms with van der Waals surface area (Å²) in [7, 11) is 1.58. The lowest BCUT2D eigenvalue weighted by Gasteiger charge is -2.02. The summed E-state index contributed by atoms with van der Waals surface area (Å²) in [5.74, 6) is 1.33. The SMILES string of the molecule is COCc1ncc(CCl)c(N)n1. The third-order valence-corrected chi connectivity index (χ3v) is 1.65. The Morgan fingerprint density at radius 2 is 2.42 bits per heavy atom. The fourth-order valence-electron chi connectivity index (χ4n) is 0.760. The van der Waals surface area contributed by atoms with E-state index in [-0.39, 0.29) is 0 Å². The Kier molecular flexibility index (Phi) is 3.25. The number of hydrogen-bond acceptors (Lipinski definition) is 4. The highest BCUT2D eigenvalue weighted by Gasteiger charge is 2.01. The summed E-state index contributed by atoms with van der Waals surface area (Å²) < 4.78 is 4.84. The van der Waals surface area contributed by atoms with E-state index in [1.165, 1.54) is 0 Å². The number of halogens is 1. The van der Waals surface area contributed by atoms with E-state index in [1.807, 2.05) is 0 Å². The van der Waals surface area contributed by atoms with Crippen molar-refractivity contribution in [1.29, 1.82) is 0 Å². The van der Waals surface area contributed by atoms with Gasteiger partial charge in [0.05, 0.1) is 5.88 Å². The lowest BCUT2D eigenvalue weighted by Crippen LogP contribution is -2.03. The predicted molar refractivity (Wildman–Crippen MR) is 46.7 cm³/mol. The topological polar surface area (TPSA) is 61.0 Å². The molecule has 4 nitrogen and oxygen atoms in total. The van der Waals surface area contributed by atoms with Crippen molar-refractivity contribution in [2.75, 3.05) is 12.8 Å². The van der Waals surface area contributed by atoms with Gasteiger partial charge in [0.15, 0.2) is 5.82 Å². The van der Waals surface area contributed by atoms with Crippen LogP contribution < -0.4 is 5.73 Å². The Morgan fingerprint density at radius 1 is 1.67 bits per heavy atom. The number of nitrogen functional groups attached to an aromatic ring is 1. The van der Waals surface area contributed by atoms with E-state index in [1.54, 1.807) is 13.3 Å². The Balaban J connectivity index is 2.86. The van der Waals surface area contributed by atoms with Gasteiger partial charge < -0.3 is 10.5 Å². The van der Waals surface area contributed by atoms with E-state index in [0.29, 0.717) is 24.1 Å². The van der Waals surface area contributed by atoms with Crippen molar-refractivity contribution in [3.63, 3.8) is 0 Å². The summed E-state index contributed by atoms with van der Waals surface area (Å²) in [4.78, 5) is 7.99. The minimum Gasteiger partial charge on any atom is -0.383 e. The minimum atomic E-state index is 0.332. The predicted octanol–water partition coefficient (Wildman–Crippen LogP) is 0.944. The molecule has 5 heteroatoms. The van der Waals surface area contributed by atoms with Gasteiger partial charge in [-0.25, -0.2) is 9.97 Å². The second-order valence-corrected chi connectivity index (χ2v) is 2.53. The Morgan fingerprint density at radius 3 is 2.92 bits per heavy atom. The van der Waals surface area contributed by atoms with Crippen molar-refractivity contribution in [2.24, 2.45) is 0 Å². The third kappa shape index (κ3) is 2.06. The van der Waals surface area contributed by atoms with Crippen molar-refractivity contribution in [1.82, 2.24) is 9.97 Å². The molecule has 0 saturated carbocycles. The van der Waals surface area contributed by atoms with Crippen molar-refractivity contribution in [3.8, 4) is 0 Å². The summed E-state index contributed by atoms with van der Waals surface area (Å²) in [6.45, 7) is 0.368. The average Bonchev–Trinajstić information content (AvgIpc) is 2.05. The molecule has 1 heterocycles. The van der Waals surface area contributed by atoms with Crippen molar-refractivity contribution < 1.29 is 4.74 Å². The molecule has 0 bridgehead atoms. The van der Waals surface area contributed by atoms with Gasteiger partial charge in [-0.2, -0.15) is 0 Å². The fourth-order valence-corrected chi connectivity index (χ4v) is 0.966. The van der Waals surface area contributed by atoms with E-state index in [4.69, 9.17) is 22.1 Å². The summed E-state index contributed by atoms with van der Waals surface area (Å²) in [6.07, 6.45) is 1.61. The number of nitrogens with zero attached hydrogens (tertiary/aromatic N) is 2. The Bertz CT molecular complexity index is 267. The standard InChI is InChI=1S/C7H10ClN3O/c1-12-4-6-10-3-5(2-8)7(9)11-6/h3H,2,4H2,1H3,(H2,9,10,11). The monoisotopic (exact) mass is 187 g/mol. The molecule has 0 unspecified atom stereocenters. The van der Waals surface area contributed by atoms with Gasteiger partial charge in [-0.05, 0) is 0 Å². The zero-order chi connectivity index (χ0) is 8.97. The number of nitrogens with two attached hydrogens (primary N) is 1. The molecule has 0 radical (unpaired) electrons. The highest BCUT2D eigenvalue weighted by atomic mass is 35.5. The first-order valence-corrected chi connectivity index (χ1v) is 3.96. The lowest BCUT2D eigenvalue weighted by molar-refractivity contribution is 0.178. The number of ether oxygens (including phenoxy) is 1. The summed E-state index contributed by atoms with van der Waals surface area (Å²) in [6, 6.07) is 0. The lowest BCUT2D eigenvalue weighted by atomic mass is 10.3. The first-order valence-electron chi connectivity index (χ1n) is 3.43. The van der Waals surface area contributed by atoms with Gasteiger partial charge in [0.2, 0.25) is 0 Å². The van der Waals surface area contributed by atoms with Gasteiger partial charge in [0.1, 0.15) is 12.4 Å². The average molecular weight is 188 g/mol. The molecule has 0 aromatic carbocycles. The van der Waals surface area contributed by atoms with E-state index in [9.17, 15) is 0 Å². The largest absolute Gasteiger partial charge is 0.383 e. The van der Waals surface area contributed by atoms with Gasteiger partial charge in [-0.3, -0.25) is 0 Å². The Labute approximate surface area is 75.7 Å². The minimum absolute atomic E-state index is 0.332. The Hall–Kier alpha value is -0.870. The molecule has 66 valence electrons. The van der Waals surface area contributed by atoms with Crippen molar-refractivity contribution in [2.45, 2.75) is 12.5 Å². The fraction of sp³-hybridized carbons (Fsp3) is 0.429. The molecule has 0 saturated heterocycles. The summed E-state index contributed by atoms with van der Waals surface area (Å²) in [5, 5.41) is 0. The molecule has 0 fully saturated rings. The molecule has 1 rings (SSSR count). The molecular formula is C7H10ClN3O. The molecule has 0 aliphatic rings. The molecule has 0 atom stereocenters. The van der Waals surface area contributed by atoms with E-state index < -0.39 is 0 Å². The number of methoxy groups -OCH3 is 1. The van der Waals surface area contributed by atoms with Crippen LogP contribution in [0.25, 0.3) is 0 Å². The van der Waals surface area contributed by atoms with Crippen molar-refractivity contribution in [3.05, 3.63) is 17.6 Å². The molecule has 0 spiro atoms. The molecular weight excluding hydrogens is 178 g/mol. The van der Waals surface area contributed by atoms with Crippen LogP contribution in [0.4, 0.5) is 5.82 Å². The number of alkyl halides is 1. The highest BCUT2D eigenvalue weighted by Crippen LogP contribution is 2.09. The normalized spacial score (nSPS) is 10.2. The smallest absolute Gasteiger partial charge is 0.156 e. The molecule has 2 N–H and O–H groups in total. The van der Waals surface area contributed by atoms with Crippen LogP contribution in [0.15, 0.2) is 6.20 Å². The maximum Gasteiger partial charge on any atom is 0.156 e. The maximum absolute atomic E-state index is 5.57. The van der Waals surface area contributed by atoms with Crippen LogP contribution in [0.3, 0.4) is 0 Å². The van der Waals surface area contributed by atoms with Crippen LogP contribution >= 0.6 is 11.6 Å². The van der Waals surface area contributed by atoms with E-state index in [0.717, 1.165) is 5.56 Å². The van der Waals surface area contributed by atoms with Crippen LogP contribution in [0.2, 0.25) is 0 Å². The van der Waals surface area contributed by atoms with E-state index >= 15 is 0 Å². The van der Waals surface area contributed by atoms with Crippen LogP contribution in [0, 0.1) is 0 Å². The van der Waals surface area contributed by atoms with Crippen LogP contribution in [-0.2, 0) is 17.2 Å². The van der Waals surface area contributed by atoms with Gasteiger partial charge in [-0.15, -0.1) is 11.6 Å². The summed E-state index contributed by atoms with van der Waals surface area (Å²) in [5.41, 5.74) is 6.32. The van der Waals surface area contributed by atoms with Gasteiger partial charge in [0, 0.05) is 18.9 Å². The van der Waals surface area contributed by atoms with Gasteiger partial charge in [0.25, 0.3) is 0 Å². The zero-order valence-corrected chi connectivity index (χ0v) is 7.51. The maximum atomic E-state index is 5.57. The number of hydrogen-bond donors (Lipinski definition) is 1. The molecule has 1 aromatic heterocycles. The quantitative estimate of drug-likeness (QED) is 0.716. The molecule has 0 amide bonds. The van der Waals surface area contributed by atoms with E-state index in [2.05, 4.69) is 9.97 Å². The highest BCUT2D eigenvalue weighted by molar-refractivity contribution is 6.17. The first-order chi connectivity index (χ1) is 5.77. The number of aromatic nitrogens is 2. The number of anilines is 1. The van der Waals surface area contributed by atoms with Crippen LogP contribution in [-0.4, -0.2) is 17.1 Å². The van der Waals surface area contributed by atoms with Crippen LogP contribution in [0.5, 0.6) is 0 Å². The molecule has 0 aliphatic heterocycles. The van der Waals surface area contributed by atoms with Gasteiger partial charge in [-0.1, -0.05) is 0 Å². The van der Waals surface area contributed by atoms with Gasteiger partial charge >= 0.3 is 0 Å². The van der Waals surface area contributed by atoms with Crippen molar-refractivity contribution >= 4 is 17.4 Å². The molecule has 0 aliphatic carbocycles. The van der Waals surface area contributed by atoms with Crippen LogP contribution in [0.1, 0.15) is 11.4 Å². The second-order valence-electron chi connectivity index (χ2n) is 2.26.